The maximum absolute atomic E-state index is 12.1. The first-order chi connectivity index (χ1) is 11.3. The van der Waals surface area contributed by atoms with Crippen LogP contribution in [0.1, 0.15) is 16.7 Å². The second-order valence-corrected chi connectivity index (χ2v) is 6.31. The van der Waals surface area contributed by atoms with E-state index in [4.69, 9.17) is 4.74 Å². The van der Waals surface area contributed by atoms with E-state index >= 15 is 0 Å². The third-order valence-electron chi connectivity index (χ3n) is 3.52. The van der Waals surface area contributed by atoms with Crippen LogP contribution in [0.5, 0.6) is 5.75 Å². The molecule has 0 saturated heterocycles. The highest BCUT2D eigenvalue weighted by molar-refractivity contribution is 9.10. The Labute approximate surface area is 148 Å². The molecule has 0 aliphatic heterocycles. The SMILES string of the molecule is Cc1cc(OCC(=O)Nc2cc([N+](=O)[O-])ccc2C)c(C)cc1Br. The number of nitrogens with one attached hydrogen (secondary N) is 1. The predicted molar refractivity (Wildman–Crippen MR) is 95.6 cm³/mol. The van der Waals surface area contributed by atoms with E-state index in [1.165, 1.54) is 12.1 Å². The number of carbonyl (C=O) groups is 1. The van der Waals surface area contributed by atoms with Crippen molar-refractivity contribution in [3.8, 4) is 5.75 Å². The standard InChI is InChI=1S/C17H17BrN2O4/c1-10-4-5-13(20(22)23)8-15(10)19-17(21)9-24-16-7-11(2)14(18)6-12(16)3/h4-8H,9H2,1-3H3,(H,19,21). The van der Waals surface area contributed by atoms with Crippen molar-refractivity contribution in [2.24, 2.45) is 0 Å². The lowest BCUT2D eigenvalue weighted by atomic mass is 10.1. The van der Waals surface area contributed by atoms with Crippen molar-refractivity contribution >= 4 is 33.2 Å². The minimum atomic E-state index is -0.500. The zero-order chi connectivity index (χ0) is 17.9. The molecule has 0 atom stereocenters. The van der Waals surface area contributed by atoms with Crippen molar-refractivity contribution < 1.29 is 14.5 Å². The van der Waals surface area contributed by atoms with Gasteiger partial charge in [0.15, 0.2) is 6.61 Å². The number of nitrogens with zero attached hydrogens (tertiary/aromatic N) is 1. The molecule has 0 aliphatic carbocycles. The summed E-state index contributed by atoms with van der Waals surface area (Å²) in [6.07, 6.45) is 0. The van der Waals surface area contributed by atoms with E-state index in [1.807, 2.05) is 26.0 Å². The van der Waals surface area contributed by atoms with E-state index in [1.54, 1.807) is 13.0 Å². The Morgan fingerprint density at radius 2 is 1.88 bits per heavy atom. The number of carbonyl (C=O) groups excluding carboxylic acids is 1. The topological polar surface area (TPSA) is 81.5 Å². The summed E-state index contributed by atoms with van der Waals surface area (Å²) in [7, 11) is 0. The highest BCUT2D eigenvalue weighted by Gasteiger charge is 2.12. The van der Waals surface area contributed by atoms with Gasteiger partial charge in [0.05, 0.1) is 10.6 Å². The second kappa shape index (κ2) is 7.44. The van der Waals surface area contributed by atoms with Crippen LogP contribution in [0.3, 0.4) is 0 Å². The first-order valence-electron chi connectivity index (χ1n) is 7.22. The molecule has 2 rings (SSSR count). The van der Waals surface area contributed by atoms with E-state index in [2.05, 4.69) is 21.2 Å². The Hall–Kier alpha value is -2.41. The Bertz CT molecular complexity index is 805. The van der Waals surface area contributed by atoms with E-state index in [0.29, 0.717) is 11.4 Å². The fourth-order valence-electron chi connectivity index (χ4n) is 2.10. The molecular weight excluding hydrogens is 376 g/mol. The van der Waals surface area contributed by atoms with Crippen molar-refractivity contribution in [3.63, 3.8) is 0 Å². The molecule has 0 saturated carbocycles. The molecule has 0 spiro atoms. The van der Waals surface area contributed by atoms with Gasteiger partial charge < -0.3 is 10.1 Å². The highest BCUT2D eigenvalue weighted by Crippen LogP contribution is 2.26. The predicted octanol–water partition coefficient (Wildman–Crippen LogP) is 4.30. The van der Waals surface area contributed by atoms with Crippen molar-refractivity contribution in [1.82, 2.24) is 0 Å². The van der Waals surface area contributed by atoms with Gasteiger partial charge in [-0.25, -0.2) is 0 Å². The molecule has 1 amide bonds. The van der Waals surface area contributed by atoms with Crippen LogP contribution in [-0.2, 0) is 4.79 Å². The van der Waals surface area contributed by atoms with Gasteiger partial charge in [0.25, 0.3) is 11.6 Å². The van der Waals surface area contributed by atoms with Gasteiger partial charge in [-0.1, -0.05) is 22.0 Å². The van der Waals surface area contributed by atoms with Crippen LogP contribution in [0.2, 0.25) is 0 Å². The number of rotatable bonds is 5. The molecule has 0 fully saturated rings. The van der Waals surface area contributed by atoms with Gasteiger partial charge in [0.1, 0.15) is 5.75 Å². The number of benzene rings is 2. The summed E-state index contributed by atoms with van der Waals surface area (Å²) in [4.78, 5) is 22.4. The smallest absolute Gasteiger partial charge is 0.271 e. The molecule has 0 radical (unpaired) electrons. The zero-order valence-electron chi connectivity index (χ0n) is 13.6. The van der Waals surface area contributed by atoms with Gasteiger partial charge in [-0.2, -0.15) is 0 Å². The molecule has 7 heteroatoms. The quantitative estimate of drug-likeness (QED) is 0.607. The first kappa shape index (κ1) is 17.9. The van der Waals surface area contributed by atoms with Gasteiger partial charge in [0.2, 0.25) is 0 Å². The second-order valence-electron chi connectivity index (χ2n) is 5.46. The third-order valence-corrected chi connectivity index (χ3v) is 4.38. The Kier molecular flexibility index (Phi) is 5.56. The van der Waals surface area contributed by atoms with Crippen molar-refractivity contribution in [2.75, 3.05) is 11.9 Å². The first-order valence-corrected chi connectivity index (χ1v) is 8.01. The van der Waals surface area contributed by atoms with Crippen LogP contribution in [0.15, 0.2) is 34.8 Å². The number of ether oxygens (including phenoxy) is 1. The molecule has 0 aliphatic rings. The summed E-state index contributed by atoms with van der Waals surface area (Å²) in [6.45, 7) is 5.41. The van der Waals surface area contributed by atoms with Crippen LogP contribution >= 0.6 is 15.9 Å². The van der Waals surface area contributed by atoms with E-state index < -0.39 is 4.92 Å². The van der Waals surface area contributed by atoms with E-state index in [-0.39, 0.29) is 18.2 Å². The van der Waals surface area contributed by atoms with Crippen molar-refractivity contribution in [1.29, 1.82) is 0 Å². The zero-order valence-corrected chi connectivity index (χ0v) is 15.1. The Balaban J connectivity index is 2.05. The number of nitro groups is 1. The summed E-state index contributed by atoms with van der Waals surface area (Å²) in [5, 5.41) is 13.5. The molecule has 24 heavy (non-hydrogen) atoms. The lowest BCUT2D eigenvalue weighted by Gasteiger charge is -2.12. The van der Waals surface area contributed by atoms with Gasteiger partial charge in [-0.3, -0.25) is 14.9 Å². The van der Waals surface area contributed by atoms with Crippen LogP contribution in [0.25, 0.3) is 0 Å². The lowest BCUT2D eigenvalue weighted by molar-refractivity contribution is -0.384. The molecule has 0 heterocycles. The number of halogens is 1. The van der Waals surface area contributed by atoms with Crippen LogP contribution in [0.4, 0.5) is 11.4 Å². The molecule has 126 valence electrons. The lowest BCUT2D eigenvalue weighted by Crippen LogP contribution is -2.21. The number of anilines is 1. The largest absolute Gasteiger partial charge is 0.483 e. The van der Waals surface area contributed by atoms with Crippen LogP contribution in [-0.4, -0.2) is 17.4 Å². The maximum atomic E-state index is 12.1. The fourth-order valence-corrected chi connectivity index (χ4v) is 2.56. The number of aryl methyl sites for hydroxylation is 3. The number of non-ortho nitro benzene ring substituents is 1. The van der Waals surface area contributed by atoms with Crippen LogP contribution < -0.4 is 10.1 Å². The Morgan fingerprint density at radius 1 is 1.17 bits per heavy atom. The highest BCUT2D eigenvalue weighted by atomic mass is 79.9. The fraction of sp³-hybridized carbons (Fsp3) is 0.235. The molecule has 6 nitrogen and oxygen atoms in total. The minimum absolute atomic E-state index is 0.0730. The average Bonchev–Trinajstić information content (AvgIpc) is 2.51. The number of nitro benzene ring substituents is 1. The molecule has 0 unspecified atom stereocenters. The summed E-state index contributed by atoms with van der Waals surface area (Å²) < 4.78 is 6.53. The summed E-state index contributed by atoms with van der Waals surface area (Å²) in [5.74, 6) is 0.250. The van der Waals surface area contributed by atoms with E-state index in [9.17, 15) is 14.9 Å². The van der Waals surface area contributed by atoms with Gasteiger partial charge in [0, 0.05) is 16.6 Å². The van der Waals surface area contributed by atoms with Crippen molar-refractivity contribution in [3.05, 3.63) is 61.6 Å². The van der Waals surface area contributed by atoms with Gasteiger partial charge in [-0.15, -0.1) is 0 Å². The third kappa shape index (κ3) is 4.32. The number of hydrogen-bond acceptors (Lipinski definition) is 4. The molecule has 2 aromatic rings. The monoisotopic (exact) mass is 392 g/mol. The number of hydrogen-bond donors (Lipinski definition) is 1. The molecular formula is C17H17BrN2O4. The van der Waals surface area contributed by atoms with Gasteiger partial charge >= 0.3 is 0 Å². The average molecular weight is 393 g/mol. The van der Waals surface area contributed by atoms with Crippen molar-refractivity contribution in [2.45, 2.75) is 20.8 Å². The molecule has 0 bridgehead atoms. The molecule has 2 aromatic carbocycles. The molecule has 1 N–H and O–H groups in total. The minimum Gasteiger partial charge on any atom is -0.483 e. The Morgan fingerprint density at radius 3 is 2.54 bits per heavy atom. The van der Waals surface area contributed by atoms with Gasteiger partial charge in [-0.05, 0) is 49.6 Å². The number of amides is 1. The van der Waals surface area contributed by atoms with E-state index in [0.717, 1.165) is 21.2 Å². The maximum Gasteiger partial charge on any atom is 0.271 e. The molecule has 0 aromatic heterocycles. The normalized spacial score (nSPS) is 10.3. The summed E-state index contributed by atoms with van der Waals surface area (Å²) in [5.41, 5.74) is 2.99. The van der Waals surface area contributed by atoms with Crippen LogP contribution in [0, 0.1) is 30.9 Å². The summed E-state index contributed by atoms with van der Waals surface area (Å²) in [6, 6.07) is 8.10. The summed E-state index contributed by atoms with van der Waals surface area (Å²) >= 11 is 3.44.